The number of rotatable bonds is 6. The summed E-state index contributed by atoms with van der Waals surface area (Å²) in [4.78, 5) is 10.8. The standard InChI is InChI=1S/C13H16N4O3/c1-3-14-11-6-5-7-12(13(11)17(18)19)20-10-8-15-16(4-2)9-10/h5-9,14H,3-4H2,1-2H3. The van der Waals surface area contributed by atoms with Gasteiger partial charge in [-0.2, -0.15) is 5.10 Å². The Bertz CT molecular complexity index is 609. The monoisotopic (exact) mass is 276 g/mol. The molecular formula is C13H16N4O3. The predicted octanol–water partition coefficient (Wildman–Crippen LogP) is 3.04. The molecule has 2 rings (SSSR count). The normalized spacial score (nSPS) is 10.3. The Kier molecular flexibility index (Phi) is 4.19. The summed E-state index contributed by atoms with van der Waals surface area (Å²) in [5.74, 6) is 0.674. The lowest BCUT2D eigenvalue weighted by atomic mass is 10.2. The van der Waals surface area contributed by atoms with E-state index in [0.29, 0.717) is 24.5 Å². The van der Waals surface area contributed by atoms with Crippen molar-refractivity contribution in [3.8, 4) is 11.5 Å². The number of nitro benzene ring substituents is 1. The van der Waals surface area contributed by atoms with Crippen LogP contribution in [0, 0.1) is 10.1 Å². The van der Waals surface area contributed by atoms with Crippen LogP contribution in [-0.2, 0) is 6.54 Å². The summed E-state index contributed by atoms with van der Waals surface area (Å²) in [6, 6.07) is 4.94. The fourth-order valence-electron chi connectivity index (χ4n) is 1.82. The Hall–Kier alpha value is -2.57. The Morgan fingerprint density at radius 2 is 2.25 bits per heavy atom. The summed E-state index contributed by atoms with van der Waals surface area (Å²) in [5, 5.41) is 18.3. The molecule has 0 aliphatic rings. The number of nitrogens with zero attached hydrogens (tertiary/aromatic N) is 3. The molecule has 20 heavy (non-hydrogen) atoms. The highest BCUT2D eigenvalue weighted by molar-refractivity contribution is 5.68. The number of anilines is 1. The molecule has 0 atom stereocenters. The van der Waals surface area contributed by atoms with E-state index in [0.717, 1.165) is 0 Å². The van der Waals surface area contributed by atoms with Crippen LogP contribution in [0.4, 0.5) is 11.4 Å². The van der Waals surface area contributed by atoms with Crippen LogP contribution in [0.25, 0.3) is 0 Å². The van der Waals surface area contributed by atoms with Gasteiger partial charge in [0.15, 0.2) is 5.75 Å². The molecule has 0 amide bonds. The van der Waals surface area contributed by atoms with Crippen LogP contribution in [0.15, 0.2) is 30.6 Å². The SMILES string of the molecule is CCNc1cccc(Oc2cnn(CC)c2)c1[N+](=O)[O-]. The number of aromatic nitrogens is 2. The zero-order valence-electron chi connectivity index (χ0n) is 11.4. The molecule has 1 aromatic heterocycles. The van der Waals surface area contributed by atoms with E-state index in [-0.39, 0.29) is 11.4 Å². The van der Waals surface area contributed by atoms with Gasteiger partial charge in [0, 0.05) is 13.1 Å². The molecule has 7 heteroatoms. The Morgan fingerprint density at radius 1 is 1.45 bits per heavy atom. The van der Waals surface area contributed by atoms with Crippen molar-refractivity contribution < 1.29 is 9.66 Å². The number of para-hydroxylation sites is 1. The Balaban J connectivity index is 2.35. The first-order valence-corrected chi connectivity index (χ1v) is 6.37. The van der Waals surface area contributed by atoms with Crippen LogP contribution in [-0.4, -0.2) is 21.2 Å². The van der Waals surface area contributed by atoms with Gasteiger partial charge in [0.05, 0.1) is 17.3 Å². The van der Waals surface area contributed by atoms with Gasteiger partial charge in [-0.3, -0.25) is 14.8 Å². The van der Waals surface area contributed by atoms with E-state index < -0.39 is 4.92 Å². The zero-order valence-corrected chi connectivity index (χ0v) is 11.4. The van der Waals surface area contributed by atoms with Crippen LogP contribution in [0.1, 0.15) is 13.8 Å². The molecule has 0 saturated heterocycles. The van der Waals surface area contributed by atoms with Gasteiger partial charge in [-0.15, -0.1) is 0 Å². The highest BCUT2D eigenvalue weighted by atomic mass is 16.6. The number of nitrogens with one attached hydrogen (secondary N) is 1. The molecular weight excluding hydrogens is 260 g/mol. The molecule has 0 bridgehead atoms. The number of nitro groups is 1. The third-order valence-electron chi connectivity index (χ3n) is 2.71. The van der Waals surface area contributed by atoms with E-state index in [1.165, 1.54) is 6.20 Å². The molecule has 0 spiro atoms. The topological polar surface area (TPSA) is 82.2 Å². The Labute approximate surface area is 116 Å². The fraction of sp³-hybridized carbons (Fsp3) is 0.308. The quantitative estimate of drug-likeness (QED) is 0.647. The van der Waals surface area contributed by atoms with Crippen molar-refractivity contribution in [3.63, 3.8) is 0 Å². The van der Waals surface area contributed by atoms with E-state index in [1.54, 1.807) is 29.1 Å². The van der Waals surface area contributed by atoms with Crippen molar-refractivity contribution in [2.24, 2.45) is 0 Å². The first-order chi connectivity index (χ1) is 9.65. The van der Waals surface area contributed by atoms with E-state index in [2.05, 4.69) is 10.4 Å². The predicted molar refractivity (Wildman–Crippen MR) is 75.2 cm³/mol. The van der Waals surface area contributed by atoms with Crippen LogP contribution in [0.2, 0.25) is 0 Å². The number of hydrogen-bond acceptors (Lipinski definition) is 5. The molecule has 106 valence electrons. The largest absolute Gasteiger partial charge is 0.447 e. The average molecular weight is 276 g/mol. The van der Waals surface area contributed by atoms with Crippen LogP contribution >= 0.6 is 0 Å². The smallest absolute Gasteiger partial charge is 0.334 e. The van der Waals surface area contributed by atoms with Crippen LogP contribution in [0.3, 0.4) is 0 Å². The molecule has 0 radical (unpaired) electrons. The molecule has 7 nitrogen and oxygen atoms in total. The lowest BCUT2D eigenvalue weighted by molar-refractivity contribution is -0.384. The van der Waals surface area contributed by atoms with Crippen molar-refractivity contribution in [2.75, 3.05) is 11.9 Å². The van der Waals surface area contributed by atoms with E-state index in [4.69, 9.17) is 4.74 Å². The van der Waals surface area contributed by atoms with E-state index >= 15 is 0 Å². The van der Waals surface area contributed by atoms with Crippen molar-refractivity contribution in [3.05, 3.63) is 40.7 Å². The second-order valence-electron chi connectivity index (χ2n) is 4.07. The van der Waals surface area contributed by atoms with Gasteiger partial charge in [0.25, 0.3) is 0 Å². The molecule has 0 aliphatic carbocycles. The van der Waals surface area contributed by atoms with Crippen molar-refractivity contribution in [1.29, 1.82) is 0 Å². The number of hydrogen-bond donors (Lipinski definition) is 1. The Morgan fingerprint density at radius 3 is 2.85 bits per heavy atom. The van der Waals surface area contributed by atoms with Crippen molar-refractivity contribution >= 4 is 11.4 Å². The average Bonchev–Trinajstić information content (AvgIpc) is 2.86. The van der Waals surface area contributed by atoms with Gasteiger partial charge in [0.2, 0.25) is 5.75 Å². The summed E-state index contributed by atoms with van der Waals surface area (Å²) in [7, 11) is 0. The third kappa shape index (κ3) is 2.87. The van der Waals surface area contributed by atoms with Gasteiger partial charge in [-0.05, 0) is 26.0 Å². The minimum atomic E-state index is -0.447. The van der Waals surface area contributed by atoms with Gasteiger partial charge in [-0.1, -0.05) is 6.07 Å². The van der Waals surface area contributed by atoms with Gasteiger partial charge >= 0.3 is 5.69 Å². The minimum Gasteiger partial charge on any atom is -0.447 e. The van der Waals surface area contributed by atoms with Crippen LogP contribution < -0.4 is 10.1 Å². The maximum absolute atomic E-state index is 11.2. The second-order valence-corrected chi connectivity index (χ2v) is 4.07. The van der Waals surface area contributed by atoms with Gasteiger partial charge in [-0.25, -0.2) is 0 Å². The highest BCUT2D eigenvalue weighted by Crippen LogP contribution is 2.37. The highest BCUT2D eigenvalue weighted by Gasteiger charge is 2.21. The maximum atomic E-state index is 11.2. The molecule has 0 saturated carbocycles. The zero-order chi connectivity index (χ0) is 14.5. The lowest BCUT2D eigenvalue weighted by Crippen LogP contribution is -2.02. The number of ether oxygens (including phenoxy) is 1. The lowest BCUT2D eigenvalue weighted by Gasteiger charge is -2.08. The number of aryl methyl sites for hydroxylation is 1. The summed E-state index contributed by atoms with van der Waals surface area (Å²) >= 11 is 0. The summed E-state index contributed by atoms with van der Waals surface area (Å²) in [6.07, 6.45) is 3.23. The summed E-state index contributed by atoms with van der Waals surface area (Å²) < 4.78 is 7.27. The summed E-state index contributed by atoms with van der Waals surface area (Å²) in [6.45, 7) is 5.13. The maximum Gasteiger partial charge on any atom is 0.334 e. The molecule has 0 fully saturated rings. The molecule has 0 aliphatic heterocycles. The third-order valence-corrected chi connectivity index (χ3v) is 2.71. The first-order valence-electron chi connectivity index (χ1n) is 6.37. The number of benzene rings is 1. The fourth-order valence-corrected chi connectivity index (χ4v) is 1.82. The first kappa shape index (κ1) is 13.9. The van der Waals surface area contributed by atoms with Crippen molar-refractivity contribution in [2.45, 2.75) is 20.4 Å². The van der Waals surface area contributed by atoms with Crippen LogP contribution in [0.5, 0.6) is 11.5 Å². The molecule has 1 N–H and O–H groups in total. The minimum absolute atomic E-state index is 0.0707. The van der Waals surface area contributed by atoms with Crippen molar-refractivity contribution in [1.82, 2.24) is 9.78 Å². The molecule has 1 heterocycles. The summed E-state index contributed by atoms with van der Waals surface area (Å²) in [5.41, 5.74) is 0.372. The second kappa shape index (κ2) is 6.05. The van der Waals surface area contributed by atoms with E-state index in [9.17, 15) is 10.1 Å². The van der Waals surface area contributed by atoms with Gasteiger partial charge < -0.3 is 10.1 Å². The van der Waals surface area contributed by atoms with E-state index in [1.807, 2.05) is 13.8 Å². The molecule has 1 aromatic carbocycles. The van der Waals surface area contributed by atoms with Gasteiger partial charge in [0.1, 0.15) is 5.69 Å². The molecule has 0 unspecified atom stereocenters. The molecule has 2 aromatic rings.